The van der Waals surface area contributed by atoms with Crippen LogP contribution in [0.15, 0.2) is 40.8 Å². The second-order valence-electron chi connectivity index (χ2n) is 7.28. The van der Waals surface area contributed by atoms with E-state index in [0.29, 0.717) is 28.5 Å². The van der Waals surface area contributed by atoms with Crippen molar-refractivity contribution in [3.8, 4) is 0 Å². The summed E-state index contributed by atoms with van der Waals surface area (Å²) in [6, 6.07) is 6.83. The molecule has 10 heteroatoms. The van der Waals surface area contributed by atoms with E-state index >= 15 is 0 Å². The minimum absolute atomic E-state index is 0.0420. The minimum Gasteiger partial charge on any atom is -0.454 e. The molecule has 2 aliphatic rings. The summed E-state index contributed by atoms with van der Waals surface area (Å²) in [7, 11) is 0. The van der Waals surface area contributed by atoms with Gasteiger partial charge in [-0.2, -0.15) is 4.99 Å². The molecule has 2 unspecified atom stereocenters. The van der Waals surface area contributed by atoms with E-state index in [1.165, 1.54) is 11.3 Å². The highest BCUT2D eigenvalue weighted by Crippen LogP contribution is 2.47. The SMILES string of the molecule is CC12CCC(=O)N1C(C(=O)OCC(=O)N=c1sccn1Cc1ccccc1Cl)CS2. The van der Waals surface area contributed by atoms with Crippen LogP contribution in [0.25, 0.3) is 0 Å². The van der Waals surface area contributed by atoms with E-state index in [1.807, 2.05) is 47.3 Å². The molecule has 158 valence electrons. The van der Waals surface area contributed by atoms with Gasteiger partial charge in [0.2, 0.25) is 5.91 Å². The third-order valence-corrected chi connectivity index (χ3v) is 7.90. The molecule has 1 aromatic heterocycles. The lowest BCUT2D eigenvalue weighted by Crippen LogP contribution is -2.46. The smallest absolute Gasteiger partial charge is 0.330 e. The standard InChI is InChI=1S/C20H20ClN3O4S2/c1-20-7-6-17(26)24(20)15(12-30-20)18(27)28-11-16(25)22-19-23(8-9-29-19)10-13-4-2-3-5-14(13)21/h2-5,8-9,15H,6-7,10-12H2,1H3. The van der Waals surface area contributed by atoms with Crippen LogP contribution in [0.2, 0.25) is 5.02 Å². The molecule has 3 heterocycles. The Bertz CT molecular complexity index is 1070. The van der Waals surface area contributed by atoms with Gasteiger partial charge >= 0.3 is 5.97 Å². The summed E-state index contributed by atoms with van der Waals surface area (Å²) < 4.78 is 7.01. The lowest BCUT2D eigenvalue weighted by Gasteiger charge is -2.29. The number of carbonyl (C=O) groups is 3. The summed E-state index contributed by atoms with van der Waals surface area (Å²) in [5.41, 5.74) is 0.912. The lowest BCUT2D eigenvalue weighted by atomic mass is 10.2. The first kappa shape index (κ1) is 21.1. The van der Waals surface area contributed by atoms with Crippen molar-refractivity contribution in [2.45, 2.75) is 37.2 Å². The molecule has 0 saturated carbocycles. The third-order valence-electron chi connectivity index (χ3n) is 5.23. The third kappa shape index (κ3) is 4.19. The number of rotatable bonds is 5. The zero-order chi connectivity index (χ0) is 21.3. The summed E-state index contributed by atoms with van der Waals surface area (Å²) in [6.45, 7) is 1.98. The van der Waals surface area contributed by atoms with Gasteiger partial charge in [0.05, 0.1) is 11.4 Å². The monoisotopic (exact) mass is 465 g/mol. The summed E-state index contributed by atoms with van der Waals surface area (Å²) >= 11 is 9.10. The molecule has 2 atom stereocenters. The maximum Gasteiger partial charge on any atom is 0.330 e. The Morgan fingerprint density at radius 3 is 2.97 bits per heavy atom. The number of amides is 2. The van der Waals surface area contributed by atoms with Crippen molar-refractivity contribution in [2.75, 3.05) is 12.4 Å². The number of carbonyl (C=O) groups excluding carboxylic acids is 3. The van der Waals surface area contributed by atoms with Gasteiger partial charge in [-0.25, -0.2) is 4.79 Å². The topological polar surface area (TPSA) is 81.0 Å². The van der Waals surface area contributed by atoms with Crippen molar-refractivity contribution in [3.05, 3.63) is 51.2 Å². The van der Waals surface area contributed by atoms with Crippen molar-refractivity contribution in [3.63, 3.8) is 0 Å². The number of benzene rings is 1. The minimum atomic E-state index is -0.644. The second kappa shape index (κ2) is 8.56. The summed E-state index contributed by atoms with van der Waals surface area (Å²) in [5.74, 6) is -0.672. The Balaban J connectivity index is 1.39. The lowest BCUT2D eigenvalue weighted by molar-refractivity contribution is -0.155. The van der Waals surface area contributed by atoms with Gasteiger partial charge in [0.15, 0.2) is 11.4 Å². The highest BCUT2D eigenvalue weighted by molar-refractivity contribution is 8.01. The molecule has 2 amide bonds. The zero-order valence-corrected chi connectivity index (χ0v) is 18.6. The maximum absolute atomic E-state index is 12.5. The number of thiazole rings is 1. The molecule has 2 aliphatic heterocycles. The van der Waals surface area contributed by atoms with Crippen LogP contribution in [0.1, 0.15) is 25.3 Å². The van der Waals surface area contributed by atoms with E-state index in [-0.39, 0.29) is 10.8 Å². The quantitative estimate of drug-likeness (QED) is 0.634. The first-order chi connectivity index (χ1) is 14.4. The molecule has 2 aromatic rings. The number of aromatic nitrogens is 1. The first-order valence-corrected chi connectivity index (χ1v) is 11.7. The molecular formula is C20H20ClN3O4S2. The summed E-state index contributed by atoms with van der Waals surface area (Å²) in [6.07, 6.45) is 2.98. The normalized spacial score (nSPS) is 23.7. The Morgan fingerprint density at radius 1 is 1.37 bits per heavy atom. The fraction of sp³-hybridized carbons (Fsp3) is 0.400. The number of hydrogen-bond acceptors (Lipinski definition) is 6. The molecule has 0 N–H and O–H groups in total. The number of esters is 1. The Hall–Kier alpha value is -2.10. The number of thioether (sulfide) groups is 1. The van der Waals surface area contributed by atoms with Crippen LogP contribution in [-0.2, 0) is 25.7 Å². The van der Waals surface area contributed by atoms with Crippen molar-refractivity contribution in [1.82, 2.24) is 9.47 Å². The van der Waals surface area contributed by atoms with Gasteiger partial charge in [-0.15, -0.1) is 23.1 Å². The van der Waals surface area contributed by atoms with E-state index in [9.17, 15) is 14.4 Å². The molecule has 30 heavy (non-hydrogen) atoms. The molecule has 4 rings (SSSR count). The van der Waals surface area contributed by atoms with Crippen LogP contribution < -0.4 is 4.80 Å². The van der Waals surface area contributed by atoms with Crippen molar-refractivity contribution in [1.29, 1.82) is 0 Å². The molecule has 0 aliphatic carbocycles. The average molecular weight is 466 g/mol. The highest BCUT2D eigenvalue weighted by atomic mass is 35.5. The number of ether oxygens (including phenoxy) is 1. The fourth-order valence-electron chi connectivity index (χ4n) is 3.68. The molecule has 2 fully saturated rings. The number of nitrogens with zero attached hydrogens (tertiary/aromatic N) is 3. The zero-order valence-electron chi connectivity index (χ0n) is 16.2. The predicted octanol–water partition coefficient (Wildman–Crippen LogP) is 2.68. The number of fused-ring (bicyclic) bond motifs is 1. The van der Waals surface area contributed by atoms with Crippen LogP contribution in [0.5, 0.6) is 0 Å². The van der Waals surface area contributed by atoms with Crippen LogP contribution in [0.3, 0.4) is 0 Å². The fourth-order valence-corrected chi connectivity index (χ4v) is 6.04. The van der Waals surface area contributed by atoms with E-state index in [2.05, 4.69) is 4.99 Å². The maximum atomic E-state index is 12.5. The van der Waals surface area contributed by atoms with Crippen LogP contribution in [-0.4, -0.2) is 50.5 Å². The van der Waals surface area contributed by atoms with Crippen LogP contribution >= 0.6 is 34.7 Å². The summed E-state index contributed by atoms with van der Waals surface area (Å²) in [5, 5.41) is 2.46. The summed E-state index contributed by atoms with van der Waals surface area (Å²) in [4.78, 5) is 42.8. The molecule has 1 aromatic carbocycles. The molecular weight excluding hydrogens is 446 g/mol. The predicted molar refractivity (Wildman–Crippen MR) is 115 cm³/mol. The Morgan fingerprint density at radius 2 is 2.17 bits per heavy atom. The van der Waals surface area contributed by atoms with Gasteiger partial charge in [-0.1, -0.05) is 29.8 Å². The molecule has 0 spiro atoms. The number of halogens is 1. The van der Waals surface area contributed by atoms with Gasteiger partial charge in [0.1, 0.15) is 6.04 Å². The van der Waals surface area contributed by atoms with E-state index in [4.69, 9.17) is 16.3 Å². The van der Waals surface area contributed by atoms with Crippen molar-refractivity contribution >= 4 is 52.5 Å². The van der Waals surface area contributed by atoms with Crippen molar-refractivity contribution < 1.29 is 19.1 Å². The largest absolute Gasteiger partial charge is 0.454 e. The van der Waals surface area contributed by atoms with Gasteiger partial charge < -0.3 is 14.2 Å². The van der Waals surface area contributed by atoms with Gasteiger partial charge in [-0.3, -0.25) is 9.59 Å². The van der Waals surface area contributed by atoms with Crippen LogP contribution in [0.4, 0.5) is 0 Å². The molecule has 7 nitrogen and oxygen atoms in total. The molecule has 0 radical (unpaired) electrons. The van der Waals surface area contributed by atoms with Crippen molar-refractivity contribution in [2.24, 2.45) is 4.99 Å². The second-order valence-corrected chi connectivity index (χ2v) is 10.1. The average Bonchev–Trinajstić information content (AvgIpc) is 3.38. The van der Waals surface area contributed by atoms with E-state index in [0.717, 1.165) is 12.0 Å². The van der Waals surface area contributed by atoms with E-state index < -0.39 is 24.5 Å². The van der Waals surface area contributed by atoms with Crippen LogP contribution in [0, 0.1) is 0 Å². The molecule has 2 saturated heterocycles. The first-order valence-electron chi connectivity index (χ1n) is 9.45. The van der Waals surface area contributed by atoms with Gasteiger partial charge in [-0.05, 0) is 25.0 Å². The number of hydrogen-bond donors (Lipinski definition) is 0. The molecule has 0 bridgehead atoms. The van der Waals surface area contributed by atoms with Gasteiger partial charge in [0, 0.05) is 28.8 Å². The Kier molecular flexibility index (Phi) is 6.04. The van der Waals surface area contributed by atoms with Gasteiger partial charge in [0.25, 0.3) is 5.91 Å². The van der Waals surface area contributed by atoms with E-state index in [1.54, 1.807) is 16.7 Å². The highest BCUT2D eigenvalue weighted by Gasteiger charge is 2.53. The Labute approximate surface area is 186 Å².